The number of imidazole rings is 1. The van der Waals surface area contributed by atoms with Crippen LogP contribution in [0.4, 0.5) is 0 Å². The van der Waals surface area contributed by atoms with E-state index in [1.165, 1.54) is 64.5 Å². The molecule has 3 fully saturated rings. The molecule has 0 aromatic carbocycles. The van der Waals surface area contributed by atoms with Gasteiger partial charge in [0.1, 0.15) is 5.82 Å². The van der Waals surface area contributed by atoms with Crippen LogP contribution in [-0.4, -0.2) is 76.1 Å². The number of likely N-dealkylation sites (N-methyl/N-ethyl adjacent to an activating group) is 1. The van der Waals surface area contributed by atoms with Crippen LogP contribution in [0.2, 0.25) is 0 Å². The molecule has 0 amide bonds. The average Bonchev–Trinajstić information content (AvgIpc) is 3.22. The summed E-state index contributed by atoms with van der Waals surface area (Å²) in [7, 11) is 0. The van der Waals surface area contributed by atoms with Crippen LogP contribution < -0.4 is 0 Å². The van der Waals surface area contributed by atoms with E-state index in [4.69, 9.17) is 0 Å². The molecule has 0 N–H and O–H groups in total. The van der Waals surface area contributed by atoms with E-state index in [0.29, 0.717) is 0 Å². The van der Waals surface area contributed by atoms with E-state index < -0.39 is 0 Å². The Balaban J connectivity index is 1.25. The third kappa shape index (κ3) is 2.87. The van der Waals surface area contributed by atoms with E-state index in [1.807, 2.05) is 6.20 Å². The minimum atomic E-state index is 0.752. The molecule has 0 radical (unpaired) electrons. The SMILES string of the molecule is CCN1CCN(C2CN(Cc3nccn3C3CC3)C2)CC1. The molecular formula is C16H27N5. The molecule has 0 atom stereocenters. The zero-order chi connectivity index (χ0) is 14.2. The van der Waals surface area contributed by atoms with Gasteiger partial charge < -0.3 is 9.47 Å². The van der Waals surface area contributed by atoms with E-state index in [9.17, 15) is 0 Å². The van der Waals surface area contributed by atoms with Crippen LogP contribution in [0.3, 0.4) is 0 Å². The number of rotatable bonds is 5. The first-order valence-electron chi connectivity index (χ1n) is 8.54. The standard InChI is InChI=1S/C16H27N5/c1-2-18-7-9-20(10-8-18)15-11-19(12-15)13-16-17-5-6-21(16)14-3-4-14/h5-6,14-15H,2-4,7-13H2,1H3. The summed E-state index contributed by atoms with van der Waals surface area (Å²) in [6.45, 7) is 12.0. The first kappa shape index (κ1) is 13.7. The van der Waals surface area contributed by atoms with Gasteiger partial charge in [-0.2, -0.15) is 0 Å². The van der Waals surface area contributed by atoms with Gasteiger partial charge in [0.05, 0.1) is 6.54 Å². The third-order valence-corrected chi connectivity index (χ3v) is 5.36. The van der Waals surface area contributed by atoms with Gasteiger partial charge in [-0.15, -0.1) is 0 Å². The fraction of sp³-hybridized carbons (Fsp3) is 0.812. The quantitative estimate of drug-likeness (QED) is 0.809. The van der Waals surface area contributed by atoms with E-state index in [-0.39, 0.29) is 0 Å². The van der Waals surface area contributed by atoms with Gasteiger partial charge in [0.25, 0.3) is 0 Å². The fourth-order valence-corrected chi connectivity index (χ4v) is 3.70. The van der Waals surface area contributed by atoms with Crippen molar-refractivity contribution in [2.24, 2.45) is 0 Å². The minimum absolute atomic E-state index is 0.752. The number of piperazine rings is 1. The molecule has 1 aliphatic carbocycles. The summed E-state index contributed by atoms with van der Waals surface area (Å²) in [4.78, 5) is 12.4. The van der Waals surface area contributed by atoms with Crippen molar-refractivity contribution in [1.29, 1.82) is 0 Å². The monoisotopic (exact) mass is 289 g/mol. The largest absolute Gasteiger partial charge is 0.331 e. The summed E-state index contributed by atoms with van der Waals surface area (Å²) < 4.78 is 2.40. The molecule has 0 unspecified atom stereocenters. The third-order valence-electron chi connectivity index (χ3n) is 5.36. The Morgan fingerprint density at radius 1 is 1.05 bits per heavy atom. The highest BCUT2D eigenvalue weighted by Crippen LogP contribution is 2.36. The summed E-state index contributed by atoms with van der Waals surface area (Å²) in [5.74, 6) is 1.27. The van der Waals surface area contributed by atoms with Crippen LogP contribution in [0.1, 0.15) is 31.6 Å². The lowest BCUT2D eigenvalue weighted by Crippen LogP contribution is -2.62. The summed E-state index contributed by atoms with van der Waals surface area (Å²) in [5, 5.41) is 0. The molecule has 5 heteroatoms. The molecule has 1 aromatic rings. The topological polar surface area (TPSA) is 27.5 Å². The highest BCUT2D eigenvalue weighted by Gasteiger charge is 2.34. The van der Waals surface area contributed by atoms with Crippen LogP contribution in [0.15, 0.2) is 12.4 Å². The zero-order valence-corrected chi connectivity index (χ0v) is 13.1. The van der Waals surface area contributed by atoms with Crippen LogP contribution in [0.25, 0.3) is 0 Å². The van der Waals surface area contributed by atoms with Crippen LogP contribution >= 0.6 is 0 Å². The highest BCUT2D eigenvalue weighted by molar-refractivity contribution is 5.01. The summed E-state index contributed by atoms with van der Waals surface area (Å²) in [5.41, 5.74) is 0. The molecule has 0 bridgehead atoms. The molecule has 3 heterocycles. The summed E-state index contributed by atoms with van der Waals surface area (Å²) in [6.07, 6.45) is 6.81. The molecule has 2 saturated heterocycles. The van der Waals surface area contributed by atoms with Crippen LogP contribution in [-0.2, 0) is 6.54 Å². The lowest BCUT2D eigenvalue weighted by Gasteiger charge is -2.48. The molecule has 3 aliphatic rings. The fourth-order valence-electron chi connectivity index (χ4n) is 3.70. The summed E-state index contributed by atoms with van der Waals surface area (Å²) in [6, 6.07) is 1.54. The molecule has 21 heavy (non-hydrogen) atoms. The average molecular weight is 289 g/mol. The number of hydrogen-bond donors (Lipinski definition) is 0. The van der Waals surface area contributed by atoms with E-state index in [2.05, 4.69) is 37.4 Å². The molecule has 1 saturated carbocycles. The van der Waals surface area contributed by atoms with Gasteiger partial charge in [0.15, 0.2) is 0 Å². The molecule has 5 nitrogen and oxygen atoms in total. The van der Waals surface area contributed by atoms with Crippen molar-refractivity contribution in [1.82, 2.24) is 24.3 Å². The van der Waals surface area contributed by atoms with Gasteiger partial charge in [0.2, 0.25) is 0 Å². The van der Waals surface area contributed by atoms with Crippen molar-refractivity contribution in [3.8, 4) is 0 Å². The van der Waals surface area contributed by atoms with E-state index in [1.54, 1.807) is 0 Å². The number of aromatic nitrogens is 2. The predicted octanol–water partition coefficient (Wildman–Crippen LogP) is 1.04. The lowest BCUT2D eigenvalue weighted by atomic mass is 10.1. The molecule has 1 aromatic heterocycles. The smallest absolute Gasteiger partial charge is 0.123 e. The van der Waals surface area contributed by atoms with Crippen molar-refractivity contribution < 1.29 is 0 Å². The van der Waals surface area contributed by atoms with Crippen molar-refractivity contribution in [3.63, 3.8) is 0 Å². The normalized spacial score (nSPS) is 26.1. The number of hydrogen-bond acceptors (Lipinski definition) is 4. The van der Waals surface area contributed by atoms with Crippen LogP contribution in [0, 0.1) is 0 Å². The van der Waals surface area contributed by atoms with E-state index >= 15 is 0 Å². The van der Waals surface area contributed by atoms with Gasteiger partial charge >= 0.3 is 0 Å². The van der Waals surface area contributed by atoms with Crippen LogP contribution in [0.5, 0.6) is 0 Å². The Kier molecular flexibility index (Phi) is 3.73. The van der Waals surface area contributed by atoms with Gasteiger partial charge in [-0.25, -0.2) is 4.98 Å². The Labute approximate surface area is 127 Å². The lowest BCUT2D eigenvalue weighted by molar-refractivity contribution is 0.000533. The second kappa shape index (κ2) is 5.71. The van der Waals surface area contributed by atoms with Crippen molar-refractivity contribution >= 4 is 0 Å². The maximum Gasteiger partial charge on any atom is 0.123 e. The maximum atomic E-state index is 4.56. The number of nitrogens with zero attached hydrogens (tertiary/aromatic N) is 5. The minimum Gasteiger partial charge on any atom is -0.331 e. The Morgan fingerprint density at radius 3 is 2.48 bits per heavy atom. The first-order valence-corrected chi connectivity index (χ1v) is 8.54. The molecule has 2 aliphatic heterocycles. The van der Waals surface area contributed by atoms with Gasteiger partial charge in [-0.3, -0.25) is 9.80 Å². The Hall–Kier alpha value is -0.910. The molecule has 0 spiro atoms. The molecular weight excluding hydrogens is 262 g/mol. The van der Waals surface area contributed by atoms with Crippen molar-refractivity contribution in [3.05, 3.63) is 18.2 Å². The first-order chi connectivity index (χ1) is 10.3. The van der Waals surface area contributed by atoms with Crippen molar-refractivity contribution in [2.45, 2.75) is 38.4 Å². The van der Waals surface area contributed by atoms with Gasteiger partial charge in [-0.05, 0) is 19.4 Å². The zero-order valence-electron chi connectivity index (χ0n) is 13.1. The van der Waals surface area contributed by atoms with Gasteiger partial charge in [0, 0.05) is 63.7 Å². The van der Waals surface area contributed by atoms with E-state index in [0.717, 1.165) is 18.6 Å². The summed E-state index contributed by atoms with van der Waals surface area (Å²) >= 11 is 0. The number of likely N-dealkylation sites (tertiary alicyclic amines) is 1. The molecule has 116 valence electrons. The predicted molar refractivity (Wildman–Crippen MR) is 83.3 cm³/mol. The Morgan fingerprint density at radius 2 is 1.81 bits per heavy atom. The highest BCUT2D eigenvalue weighted by atomic mass is 15.4. The maximum absolute atomic E-state index is 4.56. The second-order valence-corrected chi connectivity index (χ2v) is 6.80. The second-order valence-electron chi connectivity index (χ2n) is 6.80. The Bertz CT molecular complexity index is 467. The molecule has 4 rings (SSSR count). The van der Waals surface area contributed by atoms with Gasteiger partial charge in [-0.1, -0.05) is 6.92 Å². The van der Waals surface area contributed by atoms with Crippen molar-refractivity contribution in [2.75, 3.05) is 45.8 Å².